The van der Waals surface area contributed by atoms with Crippen LogP contribution < -0.4 is 5.32 Å². The Hall–Kier alpha value is -1.59. The van der Waals surface area contributed by atoms with Gasteiger partial charge >= 0.3 is 0 Å². The van der Waals surface area contributed by atoms with E-state index in [4.69, 9.17) is 16.3 Å². The van der Waals surface area contributed by atoms with Crippen LogP contribution in [0.5, 0.6) is 0 Å². The summed E-state index contributed by atoms with van der Waals surface area (Å²) in [6.07, 6.45) is 3.85. The minimum atomic E-state index is -0.185. The van der Waals surface area contributed by atoms with Crippen molar-refractivity contribution in [2.75, 3.05) is 19.0 Å². The number of nitrogens with one attached hydrogen (secondary N) is 1. The van der Waals surface area contributed by atoms with Gasteiger partial charge in [0.2, 0.25) is 5.91 Å². The van der Waals surface area contributed by atoms with Crippen LogP contribution in [0.3, 0.4) is 0 Å². The van der Waals surface area contributed by atoms with Crippen LogP contribution in [0.15, 0.2) is 18.2 Å². The molecule has 112 valence electrons. The molecular formula is C15H18ClN3O2. The maximum Gasteiger partial charge on any atom is 0.250 e. The maximum atomic E-state index is 11.5. The van der Waals surface area contributed by atoms with Gasteiger partial charge in [-0.05, 0) is 37.0 Å². The average molecular weight is 308 g/mol. The summed E-state index contributed by atoms with van der Waals surface area (Å²) in [5.74, 6) is 0.528. The first-order chi connectivity index (χ1) is 10.2. The predicted octanol–water partition coefficient (Wildman–Crippen LogP) is 3.07. The second-order valence-electron chi connectivity index (χ2n) is 5.48. The van der Waals surface area contributed by atoms with Crippen LogP contribution in [0.1, 0.15) is 19.3 Å². The van der Waals surface area contributed by atoms with Gasteiger partial charge in [-0.15, -0.1) is 0 Å². The molecule has 1 aliphatic carbocycles. The lowest BCUT2D eigenvalue weighted by atomic mass is 9.85. The molecule has 0 unspecified atom stereocenters. The summed E-state index contributed by atoms with van der Waals surface area (Å²) in [6.45, 7) is 0.950. The number of hydrogen-bond acceptors (Lipinski definition) is 3. The topological polar surface area (TPSA) is 56.1 Å². The van der Waals surface area contributed by atoms with Gasteiger partial charge in [0.05, 0.1) is 5.52 Å². The summed E-state index contributed by atoms with van der Waals surface area (Å²) in [5, 5.41) is 8.53. The number of carbonyl (C=O) groups is 1. The number of methoxy groups -OCH3 is 1. The molecule has 0 radical (unpaired) electrons. The number of ether oxygens (including phenoxy) is 1. The van der Waals surface area contributed by atoms with Crippen molar-refractivity contribution in [3.05, 3.63) is 23.4 Å². The van der Waals surface area contributed by atoms with Crippen molar-refractivity contribution in [3.63, 3.8) is 0 Å². The summed E-state index contributed by atoms with van der Waals surface area (Å²) in [6, 6.07) is 5.68. The van der Waals surface area contributed by atoms with Gasteiger partial charge in [0.25, 0.3) is 0 Å². The highest BCUT2D eigenvalue weighted by Crippen LogP contribution is 2.31. The van der Waals surface area contributed by atoms with E-state index in [1.807, 2.05) is 22.9 Å². The van der Waals surface area contributed by atoms with Crippen LogP contribution >= 0.6 is 11.6 Å². The van der Waals surface area contributed by atoms with Gasteiger partial charge in [0, 0.05) is 24.7 Å². The fraction of sp³-hybridized carbons (Fsp3) is 0.467. The third kappa shape index (κ3) is 3.04. The second kappa shape index (κ2) is 6.03. The fourth-order valence-electron chi connectivity index (χ4n) is 2.61. The van der Waals surface area contributed by atoms with Crippen LogP contribution in [0.2, 0.25) is 5.15 Å². The van der Waals surface area contributed by atoms with Gasteiger partial charge < -0.3 is 10.1 Å². The second-order valence-corrected chi connectivity index (χ2v) is 5.84. The Kier molecular flexibility index (Phi) is 4.12. The molecular weight excluding hydrogens is 290 g/mol. The molecule has 3 rings (SSSR count). The zero-order valence-corrected chi connectivity index (χ0v) is 12.7. The molecule has 1 aliphatic rings. The Morgan fingerprint density at radius 1 is 1.52 bits per heavy atom. The number of hydrogen-bond donors (Lipinski definition) is 1. The largest absolute Gasteiger partial charge is 0.375 e. The van der Waals surface area contributed by atoms with Crippen molar-refractivity contribution in [2.24, 2.45) is 5.92 Å². The van der Waals surface area contributed by atoms with E-state index >= 15 is 0 Å². The third-order valence-corrected chi connectivity index (χ3v) is 4.20. The summed E-state index contributed by atoms with van der Waals surface area (Å²) in [4.78, 5) is 11.5. The number of halogens is 1. The lowest BCUT2D eigenvalue weighted by Gasteiger charge is -2.25. The summed E-state index contributed by atoms with van der Waals surface area (Å²) >= 11 is 6.22. The molecule has 0 saturated heterocycles. The Morgan fingerprint density at radius 3 is 3.00 bits per heavy atom. The highest BCUT2D eigenvalue weighted by molar-refractivity contribution is 6.34. The van der Waals surface area contributed by atoms with Crippen LogP contribution in [-0.4, -0.2) is 29.4 Å². The van der Waals surface area contributed by atoms with E-state index in [0.29, 0.717) is 16.8 Å². The first kappa shape index (κ1) is 14.4. The SMILES string of the molecule is COCC(=O)Nc1ccc2c(c1)c(Cl)nn2CC1CCC1. The zero-order chi connectivity index (χ0) is 14.8. The highest BCUT2D eigenvalue weighted by Gasteiger charge is 2.20. The lowest BCUT2D eigenvalue weighted by molar-refractivity contribution is -0.119. The number of rotatable bonds is 5. The van der Waals surface area contributed by atoms with Gasteiger partial charge in [-0.3, -0.25) is 9.48 Å². The molecule has 1 aromatic heterocycles. The van der Waals surface area contributed by atoms with Gasteiger partial charge in [-0.2, -0.15) is 5.10 Å². The van der Waals surface area contributed by atoms with Gasteiger partial charge in [-0.25, -0.2) is 0 Å². The Bertz CT molecular complexity index is 664. The first-order valence-corrected chi connectivity index (χ1v) is 7.50. The summed E-state index contributed by atoms with van der Waals surface area (Å²) in [5.41, 5.74) is 1.71. The normalized spacial score (nSPS) is 15.1. The maximum absolute atomic E-state index is 11.5. The molecule has 1 fully saturated rings. The van der Waals surface area contributed by atoms with E-state index in [1.54, 1.807) is 0 Å². The molecule has 1 aromatic carbocycles. The molecule has 6 heteroatoms. The number of carbonyl (C=O) groups excluding carboxylic acids is 1. The molecule has 0 aliphatic heterocycles. The molecule has 0 atom stereocenters. The molecule has 1 amide bonds. The molecule has 21 heavy (non-hydrogen) atoms. The third-order valence-electron chi connectivity index (χ3n) is 3.92. The van der Waals surface area contributed by atoms with Crippen molar-refractivity contribution < 1.29 is 9.53 Å². The van der Waals surface area contributed by atoms with E-state index in [0.717, 1.165) is 17.4 Å². The van der Waals surface area contributed by atoms with Crippen molar-refractivity contribution in [3.8, 4) is 0 Å². The summed E-state index contributed by atoms with van der Waals surface area (Å²) in [7, 11) is 1.49. The molecule has 2 aromatic rings. The van der Waals surface area contributed by atoms with E-state index in [-0.39, 0.29) is 12.5 Å². The number of aromatic nitrogens is 2. The average Bonchev–Trinajstić information content (AvgIpc) is 2.71. The highest BCUT2D eigenvalue weighted by atomic mass is 35.5. The van der Waals surface area contributed by atoms with Crippen molar-refractivity contribution in [1.29, 1.82) is 0 Å². The van der Waals surface area contributed by atoms with Gasteiger partial charge in [0.15, 0.2) is 5.15 Å². The number of fused-ring (bicyclic) bond motifs is 1. The van der Waals surface area contributed by atoms with Crippen molar-refractivity contribution in [2.45, 2.75) is 25.8 Å². The molecule has 1 N–H and O–H groups in total. The molecule has 1 heterocycles. The van der Waals surface area contributed by atoms with Crippen LogP contribution in [0.4, 0.5) is 5.69 Å². The number of benzene rings is 1. The Labute approximate surface area is 128 Å². The molecule has 0 spiro atoms. The Morgan fingerprint density at radius 2 is 2.33 bits per heavy atom. The van der Waals surface area contributed by atoms with Crippen LogP contribution in [-0.2, 0) is 16.1 Å². The van der Waals surface area contributed by atoms with Gasteiger partial charge in [-0.1, -0.05) is 18.0 Å². The molecule has 0 bridgehead atoms. The minimum Gasteiger partial charge on any atom is -0.375 e. The van der Waals surface area contributed by atoms with E-state index in [1.165, 1.54) is 26.4 Å². The number of nitrogens with zero attached hydrogens (tertiary/aromatic N) is 2. The van der Waals surface area contributed by atoms with Crippen molar-refractivity contribution >= 4 is 34.1 Å². The zero-order valence-electron chi connectivity index (χ0n) is 11.9. The quantitative estimate of drug-likeness (QED) is 0.923. The minimum absolute atomic E-state index is 0.0344. The smallest absolute Gasteiger partial charge is 0.250 e. The van der Waals surface area contributed by atoms with E-state index in [2.05, 4.69) is 10.4 Å². The monoisotopic (exact) mass is 307 g/mol. The van der Waals surface area contributed by atoms with Gasteiger partial charge in [0.1, 0.15) is 6.61 Å². The fourth-order valence-corrected chi connectivity index (χ4v) is 2.85. The van der Waals surface area contributed by atoms with E-state index < -0.39 is 0 Å². The standard InChI is InChI=1S/C15H18ClN3O2/c1-21-9-14(20)17-11-5-6-13-12(7-11)15(16)18-19(13)8-10-3-2-4-10/h5-7,10H,2-4,8-9H2,1H3,(H,17,20). The first-order valence-electron chi connectivity index (χ1n) is 7.12. The van der Waals surface area contributed by atoms with Crippen LogP contribution in [0.25, 0.3) is 10.9 Å². The number of anilines is 1. The van der Waals surface area contributed by atoms with Crippen molar-refractivity contribution in [1.82, 2.24) is 9.78 Å². The lowest BCUT2D eigenvalue weighted by Crippen LogP contribution is -2.18. The predicted molar refractivity (Wildman–Crippen MR) is 82.6 cm³/mol. The molecule has 1 saturated carbocycles. The van der Waals surface area contributed by atoms with E-state index in [9.17, 15) is 4.79 Å². The number of amides is 1. The molecule has 5 nitrogen and oxygen atoms in total. The summed E-state index contributed by atoms with van der Waals surface area (Å²) < 4.78 is 6.77. The Balaban J connectivity index is 1.84. The van der Waals surface area contributed by atoms with Crippen LogP contribution in [0, 0.1) is 5.92 Å².